The van der Waals surface area contributed by atoms with Gasteiger partial charge >= 0.3 is 0 Å². The second kappa shape index (κ2) is 9.16. The number of aliphatic imine (C=N–C) groups is 1. The summed E-state index contributed by atoms with van der Waals surface area (Å²) in [4.78, 5) is 13.7. The van der Waals surface area contributed by atoms with Gasteiger partial charge in [-0.1, -0.05) is 44.7 Å². The van der Waals surface area contributed by atoms with Crippen LogP contribution in [0, 0.1) is 6.92 Å². The molecule has 4 heteroatoms. The first kappa shape index (κ1) is 18.1. The van der Waals surface area contributed by atoms with Gasteiger partial charge in [0.1, 0.15) is 5.82 Å². The van der Waals surface area contributed by atoms with Crippen LogP contribution in [0.1, 0.15) is 56.1 Å². The SMILES string of the molecule is CCCCCCCc1nc(C)c(/C=N\C)c(-c2cccc(N)c2)n1. The summed E-state index contributed by atoms with van der Waals surface area (Å²) in [5.41, 5.74) is 10.6. The lowest BCUT2D eigenvalue weighted by atomic mass is 10.0. The van der Waals surface area contributed by atoms with Gasteiger partial charge in [0.2, 0.25) is 0 Å². The van der Waals surface area contributed by atoms with Gasteiger partial charge in [-0.05, 0) is 25.5 Å². The number of aromatic nitrogens is 2. The Morgan fingerprint density at radius 3 is 2.62 bits per heavy atom. The summed E-state index contributed by atoms with van der Waals surface area (Å²) < 4.78 is 0. The first-order chi connectivity index (χ1) is 11.7. The van der Waals surface area contributed by atoms with Crippen LogP contribution in [0.15, 0.2) is 29.3 Å². The average molecular weight is 324 g/mol. The highest BCUT2D eigenvalue weighted by molar-refractivity contribution is 5.90. The molecule has 0 saturated carbocycles. The summed E-state index contributed by atoms with van der Waals surface area (Å²) in [6.45, 7) is 4.26. The molecule has 0 aliphatic rings. The second-order valence-electron chi connectivity index (χ2n) is 6.16. The zero-order valence-corrected chi connectivity index (χ0v) is 15.0. The number of aryl methyl sites for hydroxylation is 2. The van der Waals surface area contributed by atoms with Gasteiger partial charge in [0.05, 0.1) is 11.4 Å². The Kier molecular flexibility index (Phi) is 6.91. The van der Waals surface area contributed by atoms with Crippen molar-refractivity contribution in [3.63, 3.8) is 0 Å². The van der Waals surface area contributed by atoms with Gasteiger partial charge in [0, 0.05) is 36.5 Å². The van der Waals surface area contributed by atoms with Gasteiger partial charge in [0.15, 0.2) is 0 Å². The monoisotopic (exact) mass is 324 g/mol. The highest BCUT2D eigenvalue weighted by Crippen LogP contribution is 2.24. The standard InChI is InChI=1S/C20H28N4/c1-4-5-6-7-8-12-19-23-15(2)18(14-22-3)20(24-19)16-10-9-11-17(21)13-16/h9-11,13-14H,4-8,12,21H2,1-3H3/b22-14-. The van der Waals surface area contributed by atoms with Crippen molar-refractivity contribution in [3.05, 3.63) is 41.3 Å². The first-order valence-corrected chi connectivity index (χ1v) is 8.81. The molecule has 0 aliphatic carbocycles. The fourth-order valence-corrected chi connectivity index (χ4v) is 2.83. The predicted molar refractivity (Wildman–Crippen MR) is 103 cm³/mol. The van der Waals surface area contributed by atoms with E-state index in [4.69, 9.17) is 10.7 Å². The predicted octanol–water partition coefficient (Wildman–Crippen LogP) is 4.60. The summed E-state index contributed by atoms with van der Waals surface area (Å²) >= 11 is 0. The molecule has 4 nitrogen and oxygen atoms in total. The lowest BCUT2D eigenvalue weighted by Gasteiger charge is -2.11. The minimum Gasteiger partial charge on any atom is -0.399 e. The molecule has 1 aromatic heterocycles. The Hall–Kier alpha value is -2.23. The zero-order chi connectivity index (χ0) is 17.4. The van der Waals surface area contributed by atoms with Crippen molar-refractivity contribution in [1.82, 2.24) is 9.97 Å². The molecule has 24 heavy (non-hydrogen) atoms. The molecule has 2 rings (SSSR count). The van der Waals surface area contributed by atoms with Crippen LogP contribution < -0.4 is 5.73 Å². The van der Waals surface area contributed by atoms with Crippen molar-refractivity contribution < 1.29 is 0 Å². The topological polar surface area (TPSA) is 64.2 Å². The van der Waals surface area contributed by atoms with Crippen LogP contribution in [0.5, 0.6) is 0 Å². The molecule has 0 saturated heterocycles. The smallest absolute Gasteiger partial charge is 0.129 e. The summed E-state index contributed by atoms with van der Waals surface area (Å²) in [7, 11) is 1.77. The van der Waals surface area contributed by atoms with E-state index < -0.39 is 0 Å². The molecule has 1 aromatic carbocycles. The number of anilines is 1. The van der Waals surface area contributed by atoms with Gasteiger partial charge in [-0.3, -0.25) is 4.99 Å². The molecule has 2 N–H and O–H groups in total. The number of nitrogens with two attached hydrogens (primary N) is 1. The molecule has 0 spiro atoms. The normalized spacial score (nSPS) is 11.3. The van der Waals surface area contributed by atoms with E-state index in [0.717, 1.165) is 46.9 Å². The summed E-state index contributed by atoms with van der Waals surface area (Å²) in [6, 6.07) is 7.84. The van der Waals surface area contributed by atoms with Gasteiger partial charge in [-0.25, -0.2) is 9.97 Å². The molecular weight excluding hydrogens is 296 g/mol. The van der Waals surface area contributed by atoms with Crippen LogP contribution in [-0.2, 0) is 6.42 Å². The third-order valence-electron chi connectivity index (χ3n) is 4.10. The molecule has 0 fully saturated rings. The van der Waals surface area contributed by atoms with Crippen molar-refractivity contribution in [1.29, 1.82) is 0 Å². The maximum atomic E-state index is 5.95. The fourth-order valence-electron chi connectivity index (χ4n) is 2.83. The molecule has 0 bridgehead atoms. The highest BCUT2D eigenvalue weighted by atomic mass is 14.9. The van der Waals surface area contributed by atoms with Crippen molar-refractivity contribution in [2.45, 2.75) is 52.4 Å². The Morgan fingerprint density at radius 2 is 1.92 bits per heavy atom. The van der Waals surface area contributed by atoms with Crippen LogP contribution in [0.25, 0.3) is 11.3 Å². The van der Waals surface area contributed by atoms with Crippen molar-refractivity contribution in [2.24, 2.45) is 4.99 Å². The average Bonchev–Trinajstić information content (AvgIpc) is 2.57. The number of hydrogen-bond donors (Lipinski definition) is 1. The van der Waals surface area contributed by atoms with E-state index in [2.05, 4.69) is 16.9 Å². The lowest BCUT2D eigenvalue weighted by Crippen LogP contribution is -2.05. The second-order valence-corrected chi connectivity index (χ2v) is 6.16. The molecule has 128 valence electrons. The summed E-state index contributed by atoms with van der Waals surface area (Å²) in [5, 5.41) is 0. The number of unbranched alkanes of at least 4 members (excludes halogenated alkanes) is 4. The molecule has 0 aliphatic heterocycles. The minimum absolute atomic E-state index is 0.740. The highest BCUT2D eigenvalue weighted by Gasteiger charge is 2.12. The van der Waals surface area contributed by atoms with Gasteiger partial charge in [-0.15, -0.1) is 0 Å². The quantitative estimate of drug-likeness (QED) is 0.438. The number of hydrogen-bond acceptors (Lipinski definition) is 4. The fraction of sp³-hybridized carbons (Fsp3) is 0.450. The van der Waals surface area contributed by atoms with Crippen LogP contribution in [0.3, 0.4) is 0 Å². The summed E-state index contributed by atoms with van der Waals surface area (Å²) in [6.07, 6.45) is 8.99. The molecule has 0 atom stereocenters. The Balaban J connectivity index is 2.29. The number of benzene rings is 1. The molecule has 0 radical (unpaired) electrons. The zero-order valence-electron chi connectivity index (χ0n) is 15.0. The van der Waals surface area contributed by atoms with E-state index in [0.29, 0.717) is 0 Å². The molecule has 0 unspecified atom stereocenters. The first-order valence-electron chi connectivity index (χ1n) is 8.81. The van der Waals surface area contributed by atoms with Crippen LogP contribution in [0.2, 0.25) is 0 Å². The third-order valence-corrected chi connectivity index (χ3v) is 4.10. The largest absolute Gasteiger partial charge is 0.399 e. The van der Waals surface area contributed by atoms with E-state index in [9.17, 15) is 0 Å². The van der Waals surface area contributed by atoms with Crippen LogP contribution in [-0.4, -0.2) is 23.2 Å². The van der Waals surface area contributed by atoms with E-state index >= 15 is 0 Å². The number of nitrogen functional groups attached to an aromatic ring is 1. The maximum Gasteiger partial charge on any atom is 0.129 e. The van der Waals surface area contributed by atoms with E-state index in [-0.39, 0.29) is 0 Å². The third kappa shape index (κ3) is 4.88. The molecular formula is C20H28N4. The Bertz CT molecular complexity index is 692. The summed E-state index contributed by atoms with van der Waals surface area (Å²) in [5.74, 6) is 0.912. The molecule has 0 amide bonds. The van der Waals surface area contributed by atoms with Crippen molar-refractivity contribution >= 4 is 11.9 Å². The lowest BCUT2D eigenvalue weighted by molar-refractivity contribution is 0.622. The van der Waals surface area contributed by atoms with Crippen molar-refractivity contribution in [2.75, 3.05) is 12.8 Å². The molecule has 2 aromatic rings. The van der Waals surface area contributed by atoms with Gasteiger partial charge in [-0.2, -0.15) is 0 Å². The van der Waals surface area contributed by atoms with Gasteiger partial charge in [0.25, 0.3) is 0 Å². The van der Waals surface area contributed by atoms with E-state index in [1.807, 2.05) is 37.4 Å². The van der Waals surface area contributed by atoms with Crippen LogP contribution in [0.4, 0.5) is 5.69 Å². The van der Waals surface area contributed by atoms with E-state index in [1.54, 1.807) is 7.05 Å². The van der Waals surface area contributed by atoms with E-state index in [1.165, 1.54) is 25.7 Å². The maximum absolute atomic E-state index is 5.95. The van der Waals surface area contributed by atoms with Crippen LogP contribution >= 0.6 is 0 Å². The Morgan fingerprint density at radius 1 is 1.12 bits per heavy atom. The minimum atomic E-state index is 0.740. The van der Waals surface area contributed by atoms with Gasteiger partial charge < -0.3 is 5.73 Å². The van der Waals surface area contributed by atoms with Crippen molar-refractivity contribution in [3.8, 4) is 11.3 Å². The number of rotatable bonds is 8. The number of nitrogens with zero attached hydrogens (tertiary/aromatic N) is 3. The Labute approximate surface area is 145 Å². The molecule has 1 heterocycles.